The molecule has 1 aromatic carbocycles. The minimum atomic E-state index is 0.816. The van der Waals surface area contributed by atoms with Crippen molar-refractivity contribution in [1.82, 2.24) is 5.32 Å². The van der Waals surface area contributed by atoms with Crippen molar-refractivity contribution >= 4 is 0 Å². The van der Waals surface area contributed by atoms with E-state index in [-0.39, 0.29) is 0 Å². The van der Waals surface area contributed by atoms with E-state index in [9.17, 15) is 0 Å². The van der Waals surface area contributed by atoms with Gasteiger partial charge in [-0.3, -0.25) is 0 Å². The molecule has 0 radical (unpaired) electrons. The standard InChI is InChI=1S/C16H23N/c1-11-7-12(2)9-13(8-11)10-17-16(14-3-4-14)15-5-6-15/h7-9,14-17H,3-6,10H2,1-2H3. The minimum Gasteiger partial charge on any atom is -0.309 e. The van der Waals surface area contributed by atoms with Gasteiger partial charge in [-0.15, -0.1) is 0 Å². The molecule has 92 valence electrons. The molecular weight excluding hydrogens is 206 g/mol. The maximum Gasteiger partial charge on any atom is 0.0208 e. The quantitative estimate of drug-likeness (QED) is 0.813. The van der Waals surface area contributed by atoms with Crippen molar-refractivity contribution in [3.05, 3.63) is 34.9 Å². The van der Waals surface area contributed by atoms with Crippen LogP contribution >= 0.6 is 0 Å². The number of aryl methyl sites for hydroxylation is 2. The largest absolute Gasteiger partial charge is 0.309 e. The fourth-order valence-electron chi connectivity index (χ4n) is 3.04. The molecule has 0 aromatic heterocycles. The van der Waals surface area contributed by atoms with Crippen molar-refractivity contribution in [2.24, 2.45) is 11.8 Å². The molecule has 0 bridgehead atoms. The molecule has 1 heteroatoms. The van der Waals surface area contributed by atoms with Gasteiger partial charge in [0.2, 0.25) is 0 Å². The minimum absolute atomic E-state index is 0.816. The van der Waals surface area contributed by atoms with Crippen molar-refractivity contribution in [3.63, 3.8) is 0 Å². The summed E-state index contributed by atoms with van der Waals surface area (Å²) < 4.78 is 0. The Bertz CT molecular complexity index is 370. The van der Waals surface area contributed by atoms with Crippen molar-refractivity contribution < 1.29 is 0 Å². The summed E-state index contributed by atoms with van der Waals surface area (Å²) in [5.74, 6) is 1.99. The topological polar surface area (TPSA) is 12.0 Å². The molecule has 0 heterocycles. The molecule has 0 unspecified atom stereocenters. The van der Waals surface area contributed by atoms with E-state index in [4.69, 9.17) is 0 Å². The Morgan fingerprint density at radius 1 is 1.00 bits per heavy atom. The van der Waals surface area contributed by atoms with E-state index in [0.29, 0.717) is 0 Å². The fourth-order valence-corrected chi connectivity index (χ4v) is 3.04. The van der Waals surface area contributed by atoms with E-state index in [1.807, 2.05) is 0 Å². The van der Waals surface area contributed by atoms with E-state index in [1.165, 1.54) is 42.4 Å². The first-order valence-corrected chi connectivity index (χ1v) is 7.03. The second-order valence-electron chi connectivity index (χ2n) is 6.08. The molecule has 0 atom stereocenters. The third kappa shape index (κ3) is 2.90. The molecule has 0 spiro atoms. The van der Waals surface area contributed by atoms with Gasteiger partial charge in [-0.25, -0.2) is 0 Å². The third-order valence-corrected chi connectivity index (χ3v) is 4.08. The lowest BCUT2D eigenvalue weighted by molar-refractivity contribution is 0.416. The normalized spacial score (nSPS) is 19.9. The van der Waals surface area contributed by atoms with E-state index < -0.39 is 0 Å². The lowest BCUT2D eigenvalue weighted by Gasteiger charge is -2.18. The molecule has 0 amide bonds. The Labute approximate surface area is 105 Å². The highest BCUT2D eigenvalue weighted by Crippen LogP contribution is 2.44. The molecule has 1 aromatic rings. The Morgan fingerprint density at radius 2 is 1.53 bits per heavy atom. The first-order chi connectivity index (χ1) is 8.22. The fraction of sp³-hybridized carbons (Fsp3) is 0.625. The van der Waals surface area contributed by atoms with Gasteiger partial charge in [0.1, 0.15) is 0 Å². The van der Waals surface area contributed by atoms with Crippen LogP contribution in [0.15, 0.2) is 18.2 Å². The number of rotatable bonds is 5. The van der Waals surface area contributed by atoms with E-state index in [0.717, 1.165) is 24.4 Å². The van der Waals surface area contributed by atoms with Gasteiger partial charge in [0.25, 0.3) is 0 Å². The van der Waals surface area contributed by atoms with Gasteiger partial charge in [0.05, 0.1) is 0 Å². The van der Waals surface area contributed by atoms with Crippen LogP contribution in [0.4, 0.5) is 0 Å². The Morgan fingerprint density at radius 3 is 2.00 bits per heavy atom. The summed E-state index contributed by atoms with van der Waals surface area (Å²) in [7, 11) is 0. The summed E-state index contributed by atoms with van der Waals surface area (Å²) >= 11 is 0. The van der Waals surface area contributed by atoms with Gasteiger partial charge in [-0.1, -0.05) is 29.3 Å². The van der Waals surface area contributed by atoms with Crippen LogP contribution in [-0.2, 0) is 6.54 Å². The van der Waals surface area contributed by atoms with Crippen LogP contribution in [0.25, 0.3) is 0 Å². The van der Waals surface area contributed by atoms with Gasteiger partial charge < -0.3 is 5.32 Å². The first-order valence-electron chi connectivity index (χ1n) is 7.03. The van der Waals surface area contributed by atoms with E-state index >= 15 is 0 Å². The summed E-state index contributed by atoms with van der Waals surface area (Å²) in [6.45, 7) is 5.44. The molecule has 1 N–H and O–H groups in total. The van der Waals surface area contributed by atoms with Gasteiger partial charge in [0.15, 0.2) is 0 Å². The maximum atomic E-state index is 3.81. The summed E-state index contributed by atoms with van der Waals surface area (Å²) in [6, 6.07) is 7.70. The van der Waals surface area contributed by atoms with Crippen LogP contribution in [0.2, 0.25) is 0 Å². The van der Waals surface area contributed by atoms with E-state index in [1.54, 1.807) is 0 Å². The zero-order valence-corrected chi connectivity index (χ0v) is 11.0. The van der Waals surface area contributed by atoms with Crippen molar-refractivity contribution in [1.29, 1.82) is 0 Å². The molecule has 2 aliphatic rings. The van der Waals surface area contributed by atoms with Gasteiger partial charge in [0, 0.05) is 12.6 Å². The van der Waals surface area contributed by atoms with Crippen LogP contribution < -0.4 is 5.32 Å². The van der Waals surface area contributed by atoms with Crippen molar-refractivity contribution in [2.45, 2.75) is 52.1 Å². The van der Waals surface area contributed by atoms with Gasteiger partial charge in [-0.2, -0.15) is 0 Å². The van der Waals surface area contributed by atoms with Crippen LogP contribution in [0.5, 0.6) is 0 Å². The SMILES string of the molecule is Cc1cc(C)cc(CNC(C2CC2)C2CC2)c1. The maximum absolute atomic E-state index is 3.81. The first kappa shape index (κ1) is 11.3. The monoisotopic (exact) mass is 229 g/mol. The third-order valence-electron chi connectivity index (χ3n) is 4.08. The Balaban J connectivity index is 1.61. The Hall–Kier alpha value is -0.820. The number of benzene rings is 1. The molecule has 1 nitrogen and oxygen atoms in total. The molecule has 2 aliphatic carbocycles. The zero-order valence-electron chi connectivity index (χ0n) is 11.0. The Kier molecular flexibility index (Phi) is 2.96. The molecule has 3 rings (SSSR count). The molecular formula is C16H23N. The predicted molar refractivity (Wildman–Crippen MR) is 72.0 cm³/mol. The average molecular weight is 229 g/mol. The van der Waals surface area contributed by atoms with Crippen LogP contribution in [0.3, 0.4) is 0 Å². The highest BCUT2D eigenvalue weighted by Gasteiger charge is 2.40. The number of hydrogen-bond acceptors (Lipinski definition) is 1. The smallest absolute Gasteiger partial charge is 0.0208 e. The molecule has 17 heavy (non-hydrogen) atoms. The molecule has 0 saturated heterocycles. The summed E-state index contributed by atoms with van der Waals surface area (Å²) in [5, 5.41) is 3.81. The lowest BCUT2D eigenvalue weighted by Crippen LogP contribution is -2.32. The summed E-state index contributed by atoms with van der Waals surface area (Å²) in [6.07, 6.45) is 5.84. The van der Waals surface area contributed by atoms with Crippen LogP contribution in [0.1, 0.15) is 42.4 Å². The number of nitrogens with one attached hydrogen (secondary N) is 1. The van der Waals surface area contributed by atoms with E-state index in [2.05, 4.69) is 37.4 Å². The molecule has 2 fully saturated rings. The van der Waals surface area contributed by atoms with Crippen molar-refractivity contribution in [2.75, 3.05) is 0 Å². The van der Waals surface area contributed by atoms with Crippen LogP contribution in [-0.4, -0.2) is 6.04 Å². The molecule has 2 saturated carbocycles. The van der Waals surface area contributed by atoms with Crippen LogP contribution in [0, 0.1) is 25.7 Å². The lowest BCUT2D eigenvalue weighted by atomic mass is 10.0. The summed E-state index contributed by atoms with van der Waals surface area (Å²) in [4.78, 5) is 0. The zero-order chi connectivity index (χ0) is 11.8. The second-order valence-corrected chi connectivity index (χ2v) is 6.08. The highest BCUT2D eigenvalue weighted by molar-refractivity contribution is 5.28. The second kappa shape index (κ2) is 4.45. The van der Waals surface area contributed by atoms with Gasteiger partial charge >= 0.3 is 0 Å². The highest BCUT2D eigenvalue weighted by atomic mass is 14.9. The van der Waals surface area contributed by atoms with Crippen molar-refractivity contribution in [3.8, 4) is 0 Å². The molecule has 0 aliphatic heterocycles. The summed E-state index contributed by atoms with van der Waals surface area (Å²) in [5.41, 5.74) is 4.22. The average Bonchev–Trinajstić information content (AvgIpc) is 3.12. The predicted octanol–water partition coefficient (Wildman–Crippen LogP) is 3.58. The van der Waals surface area contributed by atoms with Gasteiger partial charge in [-0.05, 0) is 56.9 Å². The number of hydrogen-bond donors (Lipinski definition) is 1.